The summed E-state index contributed by atoms with van der Waals surface area (Å²) < 4.78 is 6.59. The topological polar surface area (TPSA) is 71.8 Å². The quantitative estimate of drug-likeness (QED) is 0.908. The van der Waals surface area contributed by atoms with Crippen LogP contribution in [0.4, 0.5) is 0 Å². The second kappa shape index (κ2) is 6.96. The Balaban J connectivity index is 1.89. The standard InChI is InChI=1S/C20H24N2O4/c1-20(25,15-6-8-16(26-3)9-7-15)17-5-4-11-22(17)19(24)14-10-12-21(2)18(23)13-14/h6-10,12-13,17,25H,4-5,11H2,1-3H3/t17-,20+/m1/s1. The van der Waals surface area contributed by atoms with Crippen LogP contribution < -0.4 is 10.3 Å². The van der Waals surface area contributed by atoms with Crippen molar-refractivity contribution < 1.29 is 14.6 Å². The third-order valence-corrected chi connectivity index (χ3v) is 5.19. The van der Waals surface area contributed by atoms with Gasteiger partial charge >= 0.3 is 0 Å². The Morgan fingerprint density at radius 1 is 1.27 bits per heavy atom. The Labute approximate surface area is 152 Å². The van der Waals surface area contributed by atoms with Crippen LogP contribution in [0.2, 0.25) is 0 Å². The molecule has 1 aliphatic heterocycles. The van der Waals surface area contributed by atoms with E-state index in [1.165, 1.54) is 10.6 Å². The minimum Gasteiger partial charge on any atom is -0.497 e. The molecule has 2 heterocycles. The van der Waals surface area contributed by atoms with E-state index in [0.29, 0.717) is 24.3 Å². The lowest BCUT2D eigenvalue weighted by atomic mass is 9.86. The first-order valence-electron chi connectivity index (χ1n) is 8.69. The van der Waals surface area contributed by atoms with E-state index in [1.807, 2.05) is 12.1 Å². The molecule has 6 heteroatoms. The predicted octanol–water partition coefficient (Wildman–Crippen LogP) is 1.91. The van der Waals surface area contributed by atoms with E-state index in [-0.39, 0.29) is 17.5 Å². The van der Waals surface area contributed by atoms with Crippen molar-refractivity contribution in [2.45, 2.75) is 31.4 Å². The van der Waals surface area contributed by atoms with Crippen molar-refractivity contribution in [3.05, 3.63) is 64.1 Å². The molecular formula is C20H24N2O4. The molecule has 2 aromatic rings. The number of methoxy groups -OCH3 is 1. The number of carbonyl (C=O) groups is 1. The van der Waals surface area contributed by atoms with Gasteiger partial charge in [0.2, 0.25) is 0 Å². The second-order valence-electron chi connectivity index (χ2n) is 6.90. The van der Waals surface area contributed by atoms with Gasteiger partial charge in [-0.3, -0.25) is 9.59 Å². The summed E-state index contributed by atoms with van der Waals surface area (Å²) >= 11 is 0. The van der Waals surface area contributed by atoms with E-state index in [2.05, 4.69) is 0 Å². The Kier molecular flexibility index (Phi) is 4.87. The summed E-state index contributed by atoms with van der Waals surface area (Å²) in [7, 11) is 3.23. The Morgan fingerprint density at radius 2 is 1.96 bits per heavy atom. The van der Waals surface area contributed by atoms with Gasteiger partial charge in [0.05, 0.1) is 13.2 Å². The van der Waals surface area contributed by atoms with Crippen molar-refractivity contribution in [3.63, 3.8) is 0 Å². The van der Waals surface area contributed by atoms with E-state index in [9.17, 15) is 14.7 Å². The van der Waals surface area contributed by atoms with Gasteiger partial charge in [-0.15, -0.1) is 0 Å². The average Bonchev–Trinajstić information content (AvgIpc) is 3.14. The number of aromatic nitrogens is 1. The van der Waals surface area contributed by atoms with Gasteiger partial charge in [-0.2, -0.15) is 0 Å². The average molecular weight is 356 g/mol. The van der Waals surface area contributed by atoms with Crippen LogP contribution in [-0.2, 0) is 12.6 Å². The van der Waals surface area contributed by atoms with Crippen LogP contribution in [0.1, 0.15) is 35.7 Å². The summed E-state index contributed by atoms with van der Waals surface area (Å²) in [5.74, 6) is 0.489. The number of rotatable bonds is 4. The molecule has 0 spiro atoms. The van der Waals surface area contributed by atoms with E-state index in [4.69, 9.17) is 4.74 Å². The SMILES string of the molecule is COc1ccc([C@](C)(O)[C@H]2CCCN2C(=O)c2ccn(C)c(=O)c2)cc1. The van der Waals surface area contributed by atoms with Gasteiger partial charge in [0.25, 0.3) is 11.5 Å². The summed E-state index contributed by atoms with van der Waals surface area (Å²) in [5, 5.41) is 11.2. The highest BCUT2D eigenvalue weighted by molar-refractivity contribution is 5.94. The normalized spacial score (nSPS) is 19.2. The van der Waals surface area contributed by atoms with Crippen LogP contribution in [0.25, 0.3) is 0 Å². The van der Waals surface area contributed by atoms with Gasteiger partial charge in [0.15, 0.2) is 0 Å². The van der Waals surface area contributed by atoms with Crippen molar-refractivity contribution in [2.24, 2.45) is 7.05 Å². The summed E-state index contributed by atoms with van der Waals surface area (Å²) in [6.45, 7) is 2.29. The summed E-state index contributed by atoms with van der Waals surface area (Å²) in [6, 6.07) is 9.86. The second-order valence-corrected chi connectivity index (χ2v) is 6.90. The molecule has 0 radical (unpaired) electrons. The number of pyridine rings is 1. The highest BCUT2D eigenvalue weighted by Crippen LogP contribution is 2.36. The molecule has 1 amide bonds. The molecule has 6 nitrogen and oxygen atoms in total. The molecule has 0 saturated carbocycles. The summed E-state index contributed by atoms with van der Waals surface area (Å²) in [6.07, 6.45) is 3.10. The van der Waals surface area contributed by atoms with Gasteiger partial charge in [0, 0.05) is 31.4 Å². The van der Waals surface area contributed by atoms with Crippen LogP contribution in [0.15, 0.2) is 47.4 Å². The van der Waals surface area contributed by atoms with Gasteiger partial charge in [-0.1, -0.05) is 12.1 Å². The Morgan fingerprint density at radius 3 is 2.58 bits per heavy atom. The molecule has 1 N–H and O–H groups in total. The zero-order chi connectivity index (χ0) is 18.9. The number of nitrogens with zero attached hydrogens (tertiary/aromatic N) is 2. The fraction of sp³-hybridized carbons (Fsp3) is 0.400. The first kappa shape index (κ1) is 18.2. The smallest absolute Gasteiger partial charge is 0.254 e. The van der Waals surface area contributed by atoms with Crippen LogP contribution in [0, 0.1) is 0 Å². The van der Waals surface area contributed by atoms with Crippen molar-refractivity contribution in [3.8, 4) is 5.75 Å². The number of aryl methyl sites for hydroxylation is 1. The predicted molar refractivity (Wildman–Crippen MR) is 98.3 cm³/mol. The summed E-state index contributed by atoms with van der Waals surface area (Å²) in [5.41, 5.74) is -0.343. The minimum absolute atomic E-state index is 0.223. The highest BCUT2D eigenvalue weighted by atomic mass is 16.5. The first-order chi connectivity index (χ1) is 12.3. The number of benzene rings is 1. The molecule has 1 aromatic carbocycles. The number of amides is 1. The number of carbonyl (C=O) groups excluding carboxylic acids is 1. The van der Waals surface area contributed by atoms with Gasteiger partial charge in [0.1, 0.15) is 11.4 Å². The Hall–Kier alpha value is -2.60. The number of ether oxygens (including phenoxy) is 1. The zero-order valence-corrected chi connectivity index (χ0v) is 15.3. The number of hydrogen-bond acceptors (Lipinski definition) is 4. The number of likely N-dealkylation sites (tertiary alicyclic amines) is 1. The molecule has 0 unspecified atom stereocenters. The third kappa shape index (κ3) is 3.24. The largest absolute Gasteiger partial charge is 0.497 e. The maximum atomic E-state index is 12.9. The molecule has 0 bridgehead atoms. The lowest BCUT2D eigenvalue weighted by molar-refractivity contribution is -0.0177. The minimum atomic E-state index is -1.20. The number of aliphatic hydroxyl groups is 1. The molecule has 26 heavy (non-hydrogen) atoms. The van der Waals surface area contributed by atoms with Crippen molar-refractivity contribution in [1.82, 2.24) is 9.47 Å². The van der Waals surface area contributed by atoms with Crippen molar-refractivity contribution >= 4 is 5.91 Å². The number of hydrogen-bond donors (Lipinski definition) is 1. The van der Waals surface area contributed by atoms with Crippen LogP contribution in [0.5, 0.6) is 5.75 Å². The van der Waals surface area contributed by atoms with Crippen LogP contribution >= 0.6 is 0 Å². The zero-order valence-electron chi connectivity index (χ0n) is 15.3. The van der Waals surface area contributed by atoms with E-state index < -0.39 is 5.60 Å². The molecule has 3 rings (SSSR count). The fourth-order valence-electron chi connectivity index (χ4n) is 3.56. The molecule has 0 aliphatic carbocycles. The monoisotopic (exact) mass is 356 g/mol. The molecular weight excluding hydrogens is 332 g/mol. The van der Waals surface area contributed by atoms with E-state index in [0.717, 1.165) is 12.0 Å². The molecule has 1 saturated heterocycles. The lowest BCUT2D eigenvalue weighted by Crippen LogP contribution is -2.48. The highest BCUT2D eigenvalue weighted by Gasteiger charge is 2.42. The van der Waals surface area contributed by atoms with Gasteiger partial charge in [-0.05, 0) is 43.5 Å². The van der Waals surface area contributed by atoms with E-state index >= 15 is 0 Å². The van der Waals surface area contributed by atoms with Crippen molar-refractivity contribution in [1.29, 1.82) is 0 Å². The van der Waals surface area contributed by atoms with Crippen LogP contribution in [-0.4, -0.2) is 40.2 Å². The maximum absolute atomic E-state index is 12.9. The molecule has 2 atom stereocenters. The maximum Gasteiger partial charge on any atom is 0.254 e. The molecule has 1 aromatic heterocycles. The van der Waals surface area contributed by atoms with E-state index in [1.54, 1.807) is 50.4 Å². The first-order valence-corrected chi connectivity index (χ1v) is 8.69. The van der Waals surface area contributed by atoms with Crippen molar-refractivity contribution in [2.75, 3.05) is 13.7 Å². The summed E-state index contributed by atoms with van der Waals surface area (Å²) in [4.78, 5) is 26.5. The van der Waals surface area contributed by atoms with Gasteiger partial charge in [-0.25, -0.2) is 0 Å². The molecule has 1 aliphatic rings. The van der Waals surface area contributed by atoms with Crippen LogP contribution in [0.3, 0.4) is 0 Å². The molecule has 1 fully saturated rings. The Bertz CT molecular complexity index is 855. The lowest BCUT2D eigenvalue weighted by Gasteiger charge is -2.37. The van der Waals surface area contributed by atoms with Gasteiger partial charge < -0.3 is 19.3 Å². The molecule has 138 valence electrons. The fourth-order valence-corrected chi connectivity index (χ4v) is 3.56. The third-order valence-electron chi connectivity index (χ3n) is 5.19.